The zero-order chi connectivity index (χ0) is 22.4. The Morgan fingerprint density at radius 2 is 1.81 bits per heavy atom. The number of nitrogens with zero attached hydrogens (tertiary/aromatic N) is 1. The standard InChI is InChI=1S/C24H30N2O5/c1-16-7-5-6-8-18(16)14-25-23(27)15-26-10-9-17-11-21(29-2)22(30-3)12-19(17)20(26)13-24(28)31-4/h5-8,11-12,20H,9-10,13-15H2,1-4H3,(H,25,27)/t20-/m1/s1. The van der Waals surface area contributed by atoms with Crippen LogP contribution in [0.2, 0.25) is 0 Å². The molecule has 1 amide bonds. The number of fused-ring (bicyclic) bond motifs is 1. The fraction of sp³-hybridized carbons (Fsp3) is 0.417. The van der Waals surface area contributed by atoms with E-state index in [0.29, 0.717) is 24.6 Å². The van der Waals surface area contributed by atoms with Crippen LogP contribution < -0.4 is 14.8 Å². The van der Waals surface area contributed by atoms with Gasteiger partial charge in [-0.2, -0.15) is 0 Å². The molecule has 0 saturated carbocycles. The summed E-state index contributed by atoms with van der Waals surface area (Å²) in [5.41, 5.74) is 4.27. The van der Waals surface area contributed by atoms with Crippen LogP contribution in [0, 0.1) is 6.92 Å². The Bertz CT molecular complexity index is 944. The highest BCUT2D eigenvalue weighted by Gasteiger charge is 2.32. The van der Waals surface area contributed by atoms with Crippen molar-refractivity contribution in [2.45, 2.75) is 32.4 Å². The second-order valence-corrected chi connectivity index (χ2v) is 7.63. The first-order chi connectivity index (χ1) is 15.0. The molecule has 1 aliphatic rings. The molecule has 3 rings (SSSR count). The molecule has 31 heavy (non-hydrogen) atoms. The van der Waals surface area contributed by atoms with E-state index in [4.69, 9.17) is 14.2 Å². The third kappa shape index (κ3) is 5.35. The number of aryl methyl sites for hydroxylation is 1. The van der Waals surface area contributed by atoms with Gasteiger partial charge in [0.15, 0.2) is 11.5 Å². The van der Waals surface area contributed by atoms with Crippen LogP contribution in [0.1, 0.15) is 34.7 Å². The summed E-state index contributed by atoms with van der Waals surface area (Å²) in [5.74, 6) is 0.851. The molecule has 2 aromatic rings. The Kier molecular flexibility index (Phi) is 7.52. The highest BCUT2D eigenvalue weighted by atomic mass is 16.5. The maximum Gasteiger partial charge on any atom is 0.307 e. The first kappa shape index (κ1) is 22.6. The molecule has 7 nitrogen and oxygen atoms in total. The van der Waals surface area contributed by atoms with Gasteiger partial charge in [-0.05, 0) is 47.7 Å². The van der Waals surface area contributed by atoms with E-state index >= 15 is 0 Å². The quantitative estimate of drug-likeness (QED) is 0.654. The third-order valence-corrected chi connectivity index (χ3v) is 5.79. The van der Waals surface area contributed by atoms with Crippen molar-refractivity contribution in [1.82, 2.24) is 10.2 Å². The summed E-state index contributed by atoms with van der Waals surface area (Å²) in [4.78, 5) is 26.9. The van der Waals surface area contributed by atoms with Gasteiger partial charge in [0.05, 0.1) is 34.3 Å². The second-order valence-electron chi connectivity index (χ2n) is 7.63. The SMILES string of the molecule is COC(=O)C[C@@H]1c2cc(OC)c(OC)cc2CCN1CC(=O)NCc1ccccc1C. The number of methoxy groups -OCH3 is 3. The minimum atomic E-state index is -0.321. The Balaban J connectivity index is 1.78. The second kappa shape index (κ2) is 10.3. The van der Waals surface area contributed by atoms with Crippen LogP contribution >= 0.6 is 0 Å². The molecule has 1 heterocycles. The van der Waals surface area contributed by atoms with Crippen molar-refractivity contribution in [3.05, 3.63) is 58.7 Å². The van der Waals surface area contributed by atoms with Crippen molar-refractivity contribution in [3.63, 3.8) is 0 Å². The van der Waals surface area contributed by atoms with Gasteiger partial charge in [-0.3, -0.25) is 14.5 Å². The van der Waals surface area contributed by atoms with E-state index in [1.165, 1.54) is 7.11 Å². The van der Waals surface area contributed by atoms with Crippen LogP contribution in [0.5, 0.6) is 11.5 Å². The van der Waals surface area contributed by atoms with Crippen LogP contribution in [-0.2, 0) is 27.3 Å². The third-order valence-electron chi connectivity index (χ3n) is 5.79. The fourth-order valence-corrected chi connectivity index (χ4v) is 3.99. The minimum absolute atomic E-state index is 0.0814. The molecule has 0 aromatic heterocycles. The van der Waals surface area contributed by atoms with Crippen LogP contribution in [-0.4, -0.2) is 51.2 Å². The van der Waals surface area contributed by atoms with Gasteiger partial charge in [0, 0.05) is 19.1 Å². The van der Waals surface area contributed by atoms with E-state index in [9.17, 15) is 9.59 Å². The van der Waals surface area contributed by atoms with Gasteiger partial charge in [0.25, 0.3) is 0 Å². The fourth-order valence-electron chi connectivity index (χ4n) is 3.99. The van der Waals surface area contributed by atoms with Crippen molar-refractivity contribution in [2.75, 3.05) is 34.4 Å². The van der Waals surface area contributed by atoms with Gasteiger partial charge in [-0.25, -0.2) is 0 Å². The zero-order valence-electron chi connectivity index (χ0n) is 18.6. The van der Waals surface area contributed by atoms with Gasteiger partial charge in [-0.15, -0.1) is 0 Å². The largest absolute Gasteiger partial charge is 0.493 e. The molecule has 0 bridgehead atoms. The number of nitrogens with one attached hydrogen (secondary N) is 1. The van der Waals surface area contributed by atoms with Crippen molar-refractivity contribution < 1.29 is 23.8 Å². The molecule has 0 unspecified atom stereocenters. The summed E-state index contributed by atoms with van der Waals surface area (Å²) in [7, 11) is 4.56. The lowest BCUT2D eigenvalue weighted by atomic mass is 9.90. The highest BCUT2D eigenvalue weighted by molar-refractivity contribution is 5.78. The van der Waals surface area contributed by atoms with Crippen LogP contribution in [0.25, 0.3) is 0 Å². The number of hydrogen-bond acceptors (Lipinski definition) is 6. The Morgan fingerprint density at radius 3 is 2.48 bits per heavy atom. The normalized spacial score (nSPS) is 15.7. The molecular weight excluding hydrogens is 396 g/mol. The Labute approximate surface area is 183 Å². The number of hydrogen-bond donors (Lipinski definition) is 1. The smallest absolute Gasteiger partial charge is 0.307 e. The highest BCUT2D eigenvalue weighted by Crippen LogP contribution is 2.39. The summed E-state index contributed by atoms with van der Waals surface area (Å²) in [6, 6.07) is 11.5. The van der Waals surface area contributed by atoms with Crippen molar-refractivity contribution >= 4 is 11.9 Å². The predicted octanol–water partition coefficient (Wildman–Crippen LogP) is 2.79. The Hall–Kier alpha value is -3.06. The number of carbonyl (C=O) groups excluding carboxylic acids is 2. The van der Waals surface area contributed by atoms with Gasteiger partial charge in [0.2, 0.25) is 5.91 Å². The van der Waals surface area contributed by atoms with Gasteiger partial charge < -0.3 is 19.5 Å². The molecule has 2 aromatic carbocycles. The molecule has 1 atom stereocenters. The van der Waals surface area contributed by atoms with E-state index in [2.05, 4.69) is 5.32 Å². The molecule has 0 fully saturated rings. The number of rotatable bonds is 8. The molecule has 1 aliphatic heterocycles. The average molecular weight is 427 g/mol. The van der Waals surface area contributed by atoms with Crippen molar-refractivity contribution in [2.24, 2.45) is 0 Å². The first-order valence-corrected chi connectivity index (χ1v) is 10.3. The molecule has 0 radical (unpaired) electrons. The summed E-state index contributed by atoms with van der Waals surface area (Å²) in [5, 5.41) is 3.00. The van der Waals surface area contributed by atoms with Crippen molar-refractivity contribution in [3.8, 4) is 11.5 Å². The molecule has 1 N–H and O–H groups in total. The lowest BCUT2D eigenvalue weighted by Crippen LogP contribution is -2.43. The number of ether oxygens (including phenoxy) is 3. The zero-order valence-corrected chi connectivity index (χ0v) is 18.6. The summed E-state index contributed by atoms with van der Waals surface area (Å²) < 4.78 is 15.8. The number of benzene rings is 2. The maximum atomic E-state index is 12.7. The summed E-state index contributed by atoms with van der Waals surface area (Å²) >= 11 is 0. The van der Waals surface area contributed by atoms with Gasteiger partial charge in [-0.1, -0.05) is 24.3 Å². The van der Waals surface area contributed by atoms with E-state index in [0.717, 1.165) is 28.7 Å². The van der Waals surface area contributed by atoms with E-state index in [1.54, 1.807) is 14.2 Å². The molecule has 166 valence electrons. The summed E-state index contributed by atoms with van der Waals surface area (Å²) in [6.07, 6.45) is 0.905. The topological polar surface area (TPSA) is 77.1 Å². The maximum absolute atomic E-state index is 12.7. The predicted molar refractivity (Wildman–Crippen MR) is 117 cm³/mol. The number of amides is 1. The van der Waals surface area contributed by atoms with E-state index in [-0.39, 0.29) is 30.9 Å². The molecule has 0 spiro atoms. The van der Waals surface area contributed by atoms with Crippen molar-refractivity contribution in [1.29, 1.82) is 0 Å². The Morgan fingerprint density at radius 1 is 1.10 bits per heavy atom. The molecule has 0 aliphatic carbocycles. The molecule has 0 saturated heterocycles. The number of carbonyl (C=O) groups is 2. The summed E-state index contributed by atoms with van der Waals surface area (Å²) in [6.45, 7) is 3.35. The average Bonchev–Trinajstić information content (AvgIpc) is 2.78. The first-order valence-electron chi connectivity index (χ1n) is 10.3. The monoisotopic (exact) mass is 426 g/mol. The molecular formula is C24H30N2O5. The van der Waals surface area contributed by atoms with Crippen LogP contribution in [0.3, 0.4) is 0 Å². The number of esters is 1. The lowest BCUT2D eigenvalue weighted by molar-refractivity contribution is -0.142. The van der Waals surface area contributed by atoms with Crippen LogP contribution in [0.4, 0.5) is 0 Å². The van der Waals surface area contributed by atoms with Crippen LogP contribution in [0.15, 0.2) is 36.4 Å². The van der Waals surface area contributed by atoms with Gasteiger partial charge in [0.1, 0.15) is 0 Å². The lowest BCUT2D eigenvalue weighted by Gasteiger charge is -2.36. The minimum Gasteiger partial charge on any atom is -0.493 e. The van der Waals surface area contributed by atoms with E-state index in [1.807, 2.05) is 48.2 Å². The molecule has 7 heteroatoms. The van der Waals surface area contributed by atoms with E-state index < -0.39 is 0 Å². The van der Waals surface area contributed by atoms with Gasteiger partial charge >= 0.3 is 5.97 Å².